The van der Waals surface area contributed by atoms with Crippen LogP contribution in [0.4, 0.5) is 0 Å². The summed E-state index contributed by atoms with van der Waals surface area (Å²) in [5.41, 5.74) is 5.04. The van der Waals surface area contributed by atoms with Crippen LogP contribution in [0.25, 0.3) is 11.3 Å². The number of rotatable bonds is 7. The Morgan fingerprint density at radius 3 is 2.40 bits per heavy atom. The number of aryl methyl sites for hydroxylation is 1. The van der Waals surface area contributed by atoms with Gasteiger partial charge >= 0.3 is 0 Å². The molecule has 1 aromatic heterocycles. The predicted octanol–water partition coefficient (Wildman–Crippen LogP) is 4.54. The molecule has 0 spiro atoms. The summed E-state index contributed by atoms with van der Waals surface area (Å²) >= 11 is 0. The lowest BCUT2D eigenvalue weighted by atomic mass is 10.0. The Morgan fingerprint density at radius 1 is 1.04 bits per heavy atom. The van der Waals surface area contributed by atoms with Crippen LogP contribution >= 0.6 is 0 Å². The molecule has 128 valence electrons. The van der Waals surface area contributed by atoms with Gasteiger partial charge in [-0.3, -0.25) is 4.79 Å². The minimum Gasteiger partial charge on any atom is -0.295 e. The van der Waals surface area contributed by atoms with Crippen LogP contribution in [0.15, 0.2) is 54.6 Å². The lowest BCUT2D eigenvalue weighted by Crippen LogP contribution is -2.05. The minimum absolute atomic E-state index is 0.0775. The van der Waals surface area contributed by atoms with E-state index < -0.39 is 0 Å². The summed E-state index contributed by atoms with van der Waals surface area (Å²) < 4.78 is 1.96. The van der Waals surface area contributed by atoms with Crippen molar-refractivity contribution in [2.45, 2.75) is 39.7 Å². The van der Waals surface area contributed by atoms with Crippen molar-refractivity contribution in [2.75, 3.05) is 0 Å². The second kappa shape index (κ2) is 7.88. The van der Waals surface area contributed by atoms with Crippen LogP contribution in [0.5, 0.6) is 0 Å². The van der Waals surface area contributed by atoms with Crippen molar-refractivity contribution in [1.29, 1.82) is 0 Å². The first-order valence-electron chi connectivity index (χ1n) is 8.76. The normalized spacial score (nSPS) is 10.8. The Balaban J connectivity index is 1.98. The van der Waals surface area contributed by atoms with Crippen LogP contribution in [-0.4, -0.2) is 20.8 Å². The second-order valence-electron chi connectivity index (χ2n) is 6.27. The van der Waals surface area contributed by atoms with Gasteiger partial charge in [0.05, 0.1) is 17.9 Å². The Morgan fingerprint density at radius 2 is 1.76 bits per heavy atom. The molecular weight excluding hydrogens is 310 g/mol. The van der Waals surface area contributed by atoms with Crippen molar-refractivity contribution in [3.05, 3.63) is 71.4 Å². The van der Waals surface area contributed by atoms with Gasteiger partial charge in [0.25, 0.3) is 0 Å². The summed E-state index contributed by atoms with van der Waals surface area (Å²) in [7, 11) is 0. The van der Waals surface area contributed by atoms with Gasteiger partial charge in [-0.2, -0.15) is 0 Å². The number of Topliss-reactive ketones (excluding diaryl/α,β-unsaturated/α-hetero) is 1. The van der Waals surface area contributed by atoms with E-state index in [-0.39, 0.29) is 5.78 Å². The van der Waals surface area contributed by atoms with Crippen molar-refractivity contribution < 1.29 is 4.79 Å². The number of carbonyl (C=O) groups is 1. The zero-order valence-corrected chi connectivity index (χ0v) is 14.8. The van der Waals surface area contributed by atoms with Crippen LogP contribution in [0.2, 0.25) is 0 Å². The molecule has 0 N–H and O–H groups in total. The molecule has 0 atom stereocenters. The summed E-state index contributed by atoms with van der Waals surface area (Å²) in [6.07, 6.45) is 3.12. The average Bonchev–Trinajstić information content (AvgIpc) is 3.03. The van der Waals surface area contributed by atoms with E-state index in [4.69, 9.17) is 0 Å². The molecule has 1 heterocycles. The number of carbonyl (C=O) groups excluding carboxylic acids is 1. The van der Waals surface area contributed by atoms with Crippen LogP contribution in [0, 0.1) is 0 Å². The van der Waals surface area contributed by atoms with Crippen molar-refractivity contribution in [3.8, 4) is 11.3 Å². The molecule has 3 rings (SSSR count). The molecule has 4 nitrogen and oxygen atoms in total. The molecule has 0 aliphatic carbocycles. The third-order valence-corrected chi connectivity index (χ3v) is 4.31. The maximum atomic E-state index is 11.5. The summed E-state index contributed by atoms with van der Waals surface area (Å²) in [4.78, 5) is 11.5. The van der Waals surface area contributed by atoms with Crippen LogP contribution in [0.3, 0.4) is 0 Å². The standard InChI is InChI=1S/C21H23N3O/c1-3-4-10-20-21(19-13-11-18(12-14-19)16(2)25)24(23-22-20)15-17-8-6-5-7-9-17/h5-9,11-14H,3-4,10,15H2,1-2H3. The number of benzene rings is 2. The van der Waals surface area contributed by atoms with Gasteiger partial charge in [-0.15, -0.1) is 5.10 Å². The van der Waals surface area contributed by atoms with E-state index >= 15 is 0 Å². The van der Waals surface area contributed by atoms with E-state index in [1.54, 1.807) is 6.92 Å². The Labute approximate surface area is 148 Å². The highest BCUT2D eigenvalue weighted by atomic mass is 16.1. The number of hydrogen-bond acceptors (Lipinski definition) is 3. The summed E-state index contributed by atoms with van der Waals surface area (Å²) in [5, 5.41) is 8.83. The van der Waals surface area contributed by atoms with Gasteiger partial charge in [0.2, 0.25) is 0 Å². The average molecular weight is 333 g/mol. The highest BCUT2D eigenvalue weighted by Crippen LogP contribution is 2.25. The van der Waals surface area contributed by atoms with Gasteiger partial charge in [0, 0.05) is 11.1 Å². The zero-order chi connectivity index (χ0) is 17.6. The summed E-state index contributed by atoms with van der Waals surface area (Å²) in [6, 6.07) is 18.0. The topological polar surface area (TPSA) is 47.8 Å². The molecule has 0 bridgehead atoms. The van der Waals surface area contributed by atoms with Gasteiger partial charge in [-0.1, -0.05) is 73.2 Å². The molecule has 2 aromatic carbocycles. The molecule has 0 aliphatic rings. The number of ketones is 1. The predicted molar refractivity (Wildman–Crippen MR) is 99.6 cm³/mol. The maximum Gasteiger partial charge on any atom is 0.159 e. The third kappa shape index (κ3) is 4.02. The number of aromatic nitrogens is 3. The number of nitrogens with zero attached hydrogens (tertiary/aromatic N) is 3. The van der Waals surface area contributed by atoms with E-state index in [0.717, 1.165) is 41.8 Å². The van der Waals surface area contributed by atoms with E-state index in [0.29, 0.717) is 6.54 Å². The lowest BCUT2D eigenvalue weighted by Gasteiger charge is -2.09. The summed E-state index contributed by atoms with van der Waals surface area (Å²) in [6.45, 7) is 4.45. The minimum atomic E-state index is 0.0775. The van der Waals surface area contributed by atoms with Crippen molar-refractivity contribution in [3.63, 3.8) is 0 Å². The van der Waals surface area contributed by atoms with Crippen LogP contribution < -0.4 is 0 Å². The van der Waals surface area contributed by atoms with Gasteiger partial charge in [-0.05, 0) is 25.3 Å². The Bertz CT molecular complexity index is 835. The van der Waals surface area contributed by atoms with E-state index in [1.807, 2.05) is 47.1 Å². The summed E-state index contributed by atoms with van der Waals surface area (Å²) in [5.74, 6) is 0.0775. The van der Waals surface area contributed by atoms with Crippen molar-refractivity contribution in [2.24, 2.45) is 0 Å². The molecule has 0 saturated carbocycles. The van der Waals surface area contributed by atoms with E-state index in [1.165, 1.54) is 5.56 Å². The third-order valence-electron chi connectivity index (χ3n) is 4.31. The van der Waals surface area contributed by atoms with Crippen LogP contribution in [-0.2, 0) is 13.0 Å². The smallest absolute Gasteiger partial charge is 0.159 e. The number of unbranched alkanes of at least 4 members (excludes halogenated alkanes) is 1. The molecule has 0 amide bonds. The zero-order valence-electron chi connectivity index (χ0n) is 14.8. The Kier molecular flexibility index (Phi) is 5.39. The first-order valence-corrected chi connectivity index (χ1v) is 8.76. The van der Waals surface area contributed by atoms with Crippen LogP contribution in [0.1, 0.15) is 48.3 Å². The molecule has 0 aliphatic heterocycles. The molecule has 0 saturated heterocycles. The molecule has 25 heavy (non-hydrogen) atoms. The van der Waals surface area contributed by atoms with Crippen molar-refractivity contribution in [1.82, 2.24) is 15.0 Å². The lowest BCUT2D eigenvalue weighted by molar-refractivity contribution is 0.101. The molecule has 0 unspecified atom stereocenters. The molecule has 3 aromatic rings. The van der Waals surface area contributed by atoms with Crippen molar-refractivity contribution >= 4 is 5.78 Å². The van der Waals surface area contributed by atoms with Gasteiger partial charge in [0.15, 0.2) is 5.78 Å². The molecule has 4 heteroatoms. The quantitative estimate of drug-likeness (QED) is 0.596. The number of hydrogen-bond donors (Lipinski definition) is 0. The van der Waals surface area contributed by atoms with Gasteiger partial charge in [0.1, 0.15) is 0 Å². The first kappa shape index (κ1) is 17.1. The monoisotopic (exact) mass is 333 g/mol. The molecule has 0 radical (unpaired) electrons. The maximum absolute atomic E-state index is 11.5. The van der Waals surface area contributed by atoms with Gasteiger partial charge in [-0.25, -0.2) is 4.68 Å². The van der Waals surface area contributed by atoms with E-state index in [2.05, 4.69) is 29.4 Å². The molecular formula is C21H23N3O. The second-order valence-corrected chi connectivity index (χ2v) is 6.27. The first-order chi connectivity index (χ1) is 12.2. The van der Waals surface area contributed by atoms with E-state index in [9.17, 15) is 4.79 Å². The largest absolute Gasteiger partial charge is 0.295 e. The SMILES string of the molecule is CCCCc1nnn(Cc2ccccc2)c1-c1ccc(C(C)=O)cc1. The molecule has 0 fully saturated rings. The fourth-order valence-electron chi connectivity index (χ4n) is 2.91. The highest BCUT2D eigenvalue weighted by molar-refractivity contribution is 5.94. The highest BCUT2D eigenvalue weighted by Gasteiger charge is 2.15. The fraction of sp³-hybridized carbons (Fsp3) is 0.286. The fourth-order valence-corrected chi connectivity index (χ4v) is 2.91. The Hall–Kier alpha value is -2.75. The van der Waals surface area contributed by atoms with Gasteiger partial charge < -0.3 is 0 Å².